The zero-order valence-corrected chi connectivity index (χ0v) is 8.93. The molecule has 13 heavy (non-hydrogen) atoms. The molecule has 0 bridgehead atoms. The van der Waals surface area contributed by atoms with Crippen LogP contribution < -0.4 is 5.48 Å². The van der Waals surface area contributed by atoms with Crippen LogP contribution in [0.5, 0.6) is 0 Å². The Bertz CT molecular complexity index is 159. The van der Waals surface area contributed by atoms with Crippen molar-refractivity contribution in [3.05, 3.63) is 0 Å². The second-order valence-corrected chi connectivity index (χ2v) is 3.47. The van der Waals surface area contributed by atoms with Crippen molar-refractivity contribution < 1.29 is 14.7 Å². The lowest BCUT2D eigenvalue weighted by molar-refractivity contribution is -0.141. The average Bonchev–Trinajstić information content (AvgIpc) is 2.17. The summed E-state index contributed by atoms with van der Waals surface area (Å²) >= 11 is 3.77. The fourth-order valence-corrected chi connectivity index (χ4v) is 0.839. The average molecular weight is 207 g/mol. The lowest BCUT2D eigenvalue weighted by atomic mass is 9.96. The molecule has 0 fully saturated rings. The van der Waals surface area contributed by atoms with Crippen LogP contribution in [0, 0.1) is 0 Å². The molecule has 0 aliphatic heterocycles. The van der Waals surface area contributed by atoms with Crippen LogP contribution in [0.2, 0.25) is 0 Å². The maximum Gasteiger partial charge on any atom is 0.315 e. The second-order valence-electron chi connectivity index (χ2n) is 3.15. The molecule has 5 heteroatoms. The molecular weight excluding hydrogens is 190 g/mol. The SMILES string of the molecule is CCC(C)(CCOC(=O)CS)NO. The standard InChI is InChI=1S/C8H17NO3S/c1-3-8(2,9-11)4-5-12-7(10)6-13/h9,11,13H,3-6H2,1-2H3. The first kappa shape index (κ1) is 12.7. The molecule has 0 aromatic carbocycles. The number of thiol groups is 1. The number of nitrogens with one attached hydrogen (secondary N) is 1. The molecule has 1 atom stereocenters. The molecule has 4 nitrogen and oxygen atoms in total. The number of carbonyl (C=O) groups is 1. The number of hydrogen-bond donors (Lipinski definition) is 3. The Balaban J connectivity index is 3.67. The maximum absolute atomic E-state index is 10.7. The van der Waals surface area contributed by atoms with Crippen molar-refractivity contribution >= 4 is 18.6 Å². The zero-order chi connectivity index (χ0) is 10.3. The summed E-state index contributed by atoms with van der Waals surface area (Å²) in [5.74, 6) is -0.241. The van der Waals surface area contributed by atoms with Gasteiger partial charge in [-0.1, -0.05) is 6.92 Å². The molecule has 0 radical (unpaired) electrons. The fourth-order valence-electron chi connectivity index (χ4n) is 0.748. The molecule has 1 unspecified atom stereocenters. The van der Waals surface area contributed by atoms with Gasteiger partial charge in [-0.25, -0.2) is 0 Å². The van der Waals surface area contributed by atoms with Gasteiger partial charge in [0.05, 0.1) is 12.4 Å². The molecule has 0 amide bonds. The number of hydroxylamine groups is 1. The van der Waals surface area contributed by atoms with E-state index in [0.29, 0.717) is 13.0 Å². The van der Waals surface area contributed by atoms with Crippen molar-refractivity contribution in [2.45, 2.75) is 32.2 Å². The molecule has 0 rings (SSSR count). The summed E-state index contributed by atoms with van der Waals surface area (Å²) in [6.07, 6.45) is 1.35. The van der Waals surface area contributed by atoms with Gasteiger partial charge in [-0.3, -0.25) is 4.79 Å². The Labute approximate surface area is 84.0 Å². The van der Waals surface area contributed by atoms with Crippen LogP contribution in [0.4, 0.5) is 0 Å². The lowest BCUT2D eigenvalue weighted by Crippen LogP contribution is -2.40. The van der Waals surface area contributed by atoms with Crippen molar-refractivity contribution in [1.82, 2.24) is 5.48 Å². The topological polar surface area (TPSA) is 58.6 Å². The van der Waals surface area contributed by atoms with E-state index in [4.69, 9.17) is 9.94 Å². The van der Waals surface area contributed by atoms with Crippen LogP contribution in [0.3, 0.4) is 0 Å². The van der Waals surface area contributed by atoms with Gasteiger partial charge in [-0.2, -0.15) is 18.1 Å². The number of esters is 1. The van der Waals surface area contributed by atoms with E-state index in [-0.39, 0.29) is 17.3 Å². The highest BCUT2D eigenvalue weighted by molar-refractivity contribution is 7.81. The van der Waals surface area contributed by atoms with Crippen molar-refractivity contribution in [3.8, 4) is 0 Å². The van der Waals surface area contributed by atoms with Crippen LogP contribution in [0.15, 0.2) is 0 Å². The maximum atomic E-state index is 10.7. The minimum atomic E-state index is -0.378. The van der Waals surface area contributed by atoms with Gasteiger partial charge in [0.2, 0.25) is 0 Å². The molecule has 0 saturated carbocycles. The van der Waals surface area contributed by atoms with E-state index in [1.54, 1.807) is 0 Å². The van der Waals surface area contributed by atoms with Crippen molar-refractivity contribution in [2.24, 2.45) is 0 Å². The van der Waals surface area contributed by atoms with E-state index in [1.165, 1.54) is 0 Å². The second kappa shape index (κ2) is 6.23. The predicted octanol–water partition coefficient (Wildman–Crippen LogP) is 0.997. The number of ether oxygens (including phenoxy) is 1. The summed E-state index contributed by atoms with van der Waals surface area (Å²) in [5, 5.41) is 8.80. The third-order valence-electron chi connectivity index (χ3n) is 2.10. The smallest absolute Gasteiger partial charge is 0.315 e. The summed E-state index contributed by atoms with van der Waals surface area (Å²) in [7, 11) is 0. The van der Waals surface area contributed by atoms with Crippen LogP contribution >= 0.6 is 12.6 Å². The van der Waals surface area contributed by atoms with Crippen LogP contribution in [0.1, 0.15) is 26.7 Å². The van der Waals surface area contributed by atoms with Gasteiger partial charge in [0, 0.05) is 12.0 Å². The minimum Gasteiger partial charge on any atom is -0.465 e. The molecule has 0 aromatic rings. The first-order valence-corrected chi connectivity index (χ1v) is 4.89. The number of hydrogen-bond acceptors (Lipinski definition) is 5. The van der Waals surface area contributed by atoms with Gasteiger partial charge >= 0.3 is 5.97 Å². The quantitative estimate of drug-likeness (QED) is 0.345. The van der Waals surface area contributed by atoms with Gasteiger partial charge in [0.1, 0.15) is 0 Å². The molecule has 0 spiro atoms. The molecule has 0 aromatic heterocycles. The number of carbonyl (C=O) groups excluding carboxylic acids is 1. The Hall–Kier alpha value is -0.260. The van der Waals surface area contributed by atoms with Crippen LogP contribution in [-0.4, -0.2) is 29.1 Å². The molecule has 2 N–H and O–H groups in total. The van der Waals surface area contributed by atoms with E-state index in [0.717, 1.165) is 6.42 Å². The zero-order valence-electron chi connectivity index (χ0n) is 8.04. The van der Waals surface area contributed by atoms with Crippen LogP contribution in [0.25, 0.3) is 0 Å². The third-order valence-corrected chi connectivity index (χ3v) is 2.35. The molecule has 0 aliphatic rings. The lowest BCUT2D eigenvalue weighted by Gasteiger charge is -2.25. The Kier molecular flexibility index (Phi) is 6.11. The summed E-state index contributed by atoms with van der Waals surface area (Å²) in [5.41, 5.74) is 1.83. The largest absolute Gasteiger partial charge is 0.465 e. The molecule has 78 valence electrons. The highest BCUT2D eigenvalue weighted by Gasteiger charge is 2.20. The monoisotopic (exact) mass is 207 g/mol. The van der Waals surface area contributed by atoms with Gasteiger partial charge in [0.15, 0.2) is 0 Å². The summed E-state index contributed by atoms with van der Waals surface area (Å²) in [4.78, 5) is 10.7. The number of rotatable bonds is 6. The van der Waals surface area contributed by atoms with E-state index >= 15 is 0 Å². The summed E-state index contributed by atoms with van der Waals surface area (Å²) in [6, 6.07) is 0. The van der Waals surface area contributed by atoms with Gasteiger partial charge in [-0.15, -0.1) is 0 Å². The van der Waals surface area contributed by atoms with Crippen LogP contribution in [-0.2, 0) is 9.53 Å². The Morgan fingerprint density at radius 3 is 2.69 bits per heavy atom. The Morgan fingerprint density at radius 1 is 1.69 bits per heavy atom. The molecule has 0 saturated heterocycles. The molecule has 0 heterocycles. The summed E-state index contributed by atoms with van der Waals surface area (Å²) in [6.45, 7) is 4.11. The van der Waals surface area contributed by atoms with E-state index in [2.05, 4.69) is 18.1 Å². The van der Waals surface area contributed by atoms with Crippen molar-refractivity contribution in [2.75, 3.05) is 12.4 Å². The van der Waals surface area contributed by atoms with E-state index in [1.807, 2.05) is 13.8 Å². The first-order chi connectivity index (χ1) is 6.08. The van der Waals surface area contributed by atoms with Gasteiger partial charge < -0.3 is 9.94 Å². The normalized spacial score (nSPS) is 15.1. The third kappa shape index (κ3) is 5.13. The van der Waals surface area contributed by atoms with Gasteiger partial charge in [0.25, 0.3) is 0 Å². The minimum absolute atomic E-state index is 0.0927. The van der Waals surface area contributed by atoms with Gasteiger partial charge in [-0.05, 0) is 13.3 Å². The highest BCUT2D eigenvalue weighted by Crippen LogP contribution is 2.13. The highest BCUT2D eigenvalue weighted by atomic mass is 32.1. The van der Waals surface area contributed by atoms with Crippen molar-refractivity contribution in [3.63, 3.8) is 0 Å². The Morgan fingerprint density at radius 2 is 2.31 bits per heavy atom. The summed E-state index contributed by atoms with van der Waals surface area (Å²) < 4.78 is 4.82. The fraction of sp³-hybridized carbons (Fsp3) is 0.875. The molecular formula is C8H17NO3S. The van der Waals surface area contributed by atoms with E-state index < -0.39 is 0 Å². The first-order valence-electron chi connectivity index (χ1n) is 4.25. The predicted molar refractivity (Wildman–Crippen MR) is 53.0 cm³/mol. The molecule has 0 aliphatic carbocycles. The van der Waals surface area contributed by atoms with E-state index in [9.17, 15) is 4.79 Å². The van der Waals surface area contributed by atoms with Crippen molar-refractivity contribution in [1.29, 1.82) is 0 Å².